The lowest BCUT2D eigenvalue weighted by Gasteiger charge is -2.52. The van der Waals surface area contributed by atoms with Crippen LogP contribution in [0.25, 0.3) is 0 Å². The average Bonchev–Trinajstić information content (AvgIpc) is 3.02. The van der Waals surface area contributed by atoms with E-state index in [1.807, 2.05) is 11.7 Å². The van der Waals surface area contributed by atoms with Crippen LogP contribution in [0.3, 0.4) is 0 Å². The molecule has 1 aromatic heterocycles. The number of hydrogen-bond acceptors (Lipinski definition) is 3. The molecule has 4 fully saturated rings. The number of ether oxygens (including phenoxy) is 1. The maximum atomic E-state index is 6.09. The molecule has 0 aromatic carbocycles. The Balaban J connectivity index is 1.56. The topological polar surface area (TPSA) is 39.1 Å². The smallest absolute Gasteiger partial charge is 0.0853 e. The van der Waals surface area contributed by atoms with Crippen molar-refractivity contribution in [1.29, 1.82) is 0 Å². The van der Waals surface area contributed by atoms with Gasteiger partial charge in [0.2, 0.25) is 0 Å². The summed E-state index contributed by atoms with van der Waals surface area (Å²) in [6.07, 6.45) is 8.28. The van der Waals surface area contributed by atoms with Crippen molar-refractivity contribution in [2.24, 2.45) is 18.9 Å². The quantitative estimate of drug-likeness (QED) is 0.908. The molecule has 5 rings (SSSR count). The van der Waals surface area contributed by atoms with Gasteiger partial charge in [0, 0.05) is 25.2 Å². The maximum absolute atomic E-state index is 6.09. The molecule has 4 aliphatic rings. The largest absolute Gasteiger partial charge is 0.379 e. The molecule has 0 radical (unpaired) electrons. The van der Waals surface area contributed by atoms with Crippen LogP contribution >= 0.6 is 0 Å². The Morgan fingerprint density at radius 3 is 3.26 bits per heavy atom. The van der Waals surface area contributed by atoms with Crippen LogP contribution in [0.2, 0.25) is 0 Å². The molecule has 4 atom stereocenters. The van der Waals surface area contributed by atoms with Crippen LogP contribution in [0.4, 0.5) is 5.69 Å². The molecule has 19 heavy (non-hydrogen) atoms. The zero-order chi connectivity index (χ0) is 13.0. The highest BCUT2D eigenvalue weighted by molar-refractivity contribution is 5.48. The van der Waals surface area contributed by atoms with Gasteiger partial charge in [0.05, 0.1) is 23.6 Å². The Bertz CT molecular complexity index is 494. The molecule has 4 nitrogen and oxygen atoms in total. The first kappa shape index (κ1) is 11.8. The van der Waals surface area contributed by atoms with E-state index in [9.17, 15) is 0 Å². The number of hydrogen-bond donors (Lipinski definition) is 1. The number of anilines is 1. The Labute approximate surface area is 114 Å². The normalized spacial score (nSPS) is 39.8. The van der Waals surface area contributed by atoms with Crippen molar-refractivity contribution in [3.8, 4) is 0 Å². The number of aromatic nitrogens is 2. The third-order valence-corrected chi connectivity index (χ3v) is 5.44. The van der Waals surface area contributed by atoms with E-state index in [4.69, 9.17) is 4.74 Å². The molecule has 2 saturated heterocycles. The van der Waals surface area contributed by atoms with Crippen molar-refractivity contribution in [3.63, 3.8) is 0 Å². The summed E-state index contributed by atoms with van der Waals surface area (Å²) < 4.78 is 8.01. The van der Waals surface area contributed by atoms with E-state index in [2.05, 4.69) is 23.5 Å². The van der Waals surface area contributed by atoms with E-state index in [1.54, 1.807) is 0 Å². The van der Waals surface area contributed by atoms with E-state index in [0.29, 0.717) is 6.04 Å². The molecule has 2 aliphatic carbocycles. The van der Waals surface area contributed by atoms with E-state index >= 15 is 0 Å². The molecule has 2 saturated carbocycles. The van der Waals surface area contributed by atoms with Gasteiger partial charge in [-0.1, -0.05) is 6.92 Å². The van der Waals surface area contributed by atoms with Gasteiger partial charge < -0.3 is 10.1 Å². The highest BCUT2D eigenvalue weighted by Crippen LogP contribution is 2.60. The fourth-order valence-corrected chi connectivity index (χ4v) is 4.68. The van der Waals surface area contributed by atoms with Gasteiger partial charge in [0.1, 0.15) is 0 Å². The summed E-state index contributed by atoms with van der Waals surface area (Å²) >= 11 is 0. The molecule has 1 N–H and O–H groups in total. The predicted molar refractivity (Wildman–Crippen MR) is 74.1 cm³/mol. The summed E-state index contributed by atoms with van der Waals surface area (Å²) in [4.78, 5) is 0. The molecule has 1 unspecified atom stereocenters. The molecule has 2 bridgehead atoms. The van der Waals surface area contributed by atoms with E-state index < -0.39 is 0 Å². The summed E-state index contributed by atoms with van der Waals surface area (Å²) in [6, 6.07) is 0.587. The Morgan fingerprint density at radius 2 is 2.47 bits per heavy atom. The van der Waals surface area contributed by atoms with Crippen molar-refractivity contribution >= 4 is 5.69 Å². The highest BCUT2D eigenvalue weighted by atomic mass is 16.5. The first-order valence-corrected chi connectivity index (χ1v) is 7.65. The standard InChI is InChI=1S/C15H23N3O/c1-3-11-13(8-18(2)17-11)16-12-5-4-6-15-7-10(9-19-15)14(12)15/h8,10,12,14,16H,3-7,9H2,1-2H3/t10-,12?,14-,15-/m1/s1. The van der Waals surface area contributed by atoms with Crippen LogP contribution in [-0.2, 0) is 18.2 Å². The average molecular weight is 261 g/mol. The summed E-state index contributed by atoms with van der Waals surface area (Å²) in [5.74, 6) is 1.55. The zero-order valence-electron chi connectivity index (χ0n) is 11.9. The summed E-state index contributed by atoms with van der Waals surface area (Å²) in [5.41, 5.74) is 2.67. The zero-order valence-corrected chi connectivity index (χ0v) is 11.9. The van der Waals surface area contributed by atoms with Crippen molar-refractivity contribution in [2.75, 3.05) is 11.9 Å². The first-order valence-electron chi connectivity index (χ1n) is 7.65. The number of nitrogens with one attached hydrogen (secondary N) is 1. The molecule has 0 amide bonds. The SMILES string of the molecule is CCc1nn(C)cc1NC1CCC[C@]23C[C@H](CO2)[C@H]13. The van der Waals surface area contributed by atoms with Crippen molar-refractivity contribution in [2.45, 2.75) is 50.7 Å². The van der Waals surface area contributed by atoms with Crippen LogP contribution in [0, 0.1) is 11.8 Å². The lowest BCUT2D eigenvalue weighted by Crippen LogP contribution is -2.57. The van der Waals surface area contributed by atoms with E-state index in [-0.39, 0.29) is 5.60 Å². The lowest BCUT2D eigenvalue weighted by atomic mass is 9.56. The van der Waals surface area contributed by atoms with Crippen molar-refractivity contribution in [3.05, 3.63) is 11.9 Å². The third-order valence-electron chi connectivity index (χ3n) is 5.44. The first-order chi connectivity index (χ1) is 9.22. The van der Waals surface area contributed by atoms with Crippen LogP contribution < -0.4 is 5.32 Å². The molecule has 1 aromatic rings. The highest BCUT2D eigenvalue weighted by Gasteiger charge is 2.64. The number of rotatable bonds is 3. The van der Waals surface area contributed by atoms with Gasteiger partial charge in [-0.3, -0.25) is 4.68 Å². The minimum atomic E-state index is 0.245. The molecule has 4 heteroatoms. The second-order valence-electron chi connectivity index (χ2n) is 6.53. The molecular weight excluding hydrogens is 238 g/mol. The molecule has 3 heterocycles. The lowest BCUT2D eigenvalue weighted by molar-refractivity contribution is -0.0836. The molecule has 2 aliphatic heterocycles. The monoisotopic (exact) mass is 261 g/mol. The van der Waals surface area contributed by atoms with Gasteiger partial charge >= 0.3 is 0 Å². The Morgan fingerprint density at radius 1 is 1.58 bits per heavy atom. The van der Waals surface area contributed by atoms with Gasteiger partial charge in [0.15, 0.2) is 0 Å². The maximum Gasteiger partial charge on any atom is 0.0853 e. The molecule has 104 valence electrons. The Hall–Kier alpha value is -1.03. The molecular formula is C15H23N3O. The second-order valence-corrected chi connectivity index (χ2v) is 6.53. The minimum absolute atomic E-state index is 0.245. The van der Waals surface area contributed by atoms with Crippen LogP contribution in [0.15, 0.2) is 6.20 Å². The summed E-state index contributed by atoms with van der Waals surface area (Å²) in [7, 11) is 2.00. The fraction of sp³-hybridized carbons (Fsp3) is 0.800. The van der Waals surface area contributed by atoms with Gasteiger partial charge in [-0.25, -0.2) is 0 Å². The number of fused-ring (bicyclic) bond motifs is 1. The summed E-state index contributed by atoms with van der Waals surface area (Å²) in [6.45, 7) is 3.17. The predicted octanol–water partition coefficient (Wildman–Crippen LogP) is 2.35. The summed E-state index contributed by atoms with van der Waals surface area (Å²) in [5, 5.41) is 8.32. The van der Waals surface area contributed by atoms with Crippen molar-refractivity contribution in [1.82, 2.24) is 9.78 Å². The van der Waals surface area contributed by atoms with Gasteiger partial charge in [-0.15, -0.1) is 0 Å². The third kappa shape index (κ3) is 1.59. The number of nitrogens with zero attached hydrogens (tertiary/aromatic N) is 2. The van der Waals surface area contributed by atoms with E-state index in [1.165, 1.54) is 37.1 Å². The van der Waals surface area contributed by atoms with Crippen LogP contribution in [0.5, 0.6) is 0 Å². The van der Waals surface area contributed by atoms with Gasteiger partial charge in [-0.05, 0) is 38.0 Å². The van der Waals surface area contributed by atoms with Gasteiger partial charge in [0.25, 0.3) is 0 Å². The van der Waals surface area contributed by atoms with Gasteiger partial charge in [-0.2, -0.15) is 5.10 Å². The van der Waals surface area contributed by atoms with Crippen molar-refractivity contribution < 1.29 is 4.74 Å². The second kappa shape index (κ2) is 3.98. The van der Waals surface area contributed by atoms with Crippen LogP contribution in [0.1, 0.15) is 38.3 Å². The Kier molecular flexibility index (Phi) is 2.47. The fourth-order valence-electron chi connectivity index (χ4n) is 4.68. The molecule has 1 spiro atoms. The van der Waals surface area contributed by atoms with Crippen LogP contribution in [-0.4, -0.2) is 28.0 Å². The van der Waals surface area contributed by atoms with E-state index in [0.717, 1.165) is 24.9 Å². The minimum Gasteiger partial charge on any atom is -0.379 e. The number of aryl methyl sites for hydroxylation is 2.